The van der Waals surface area contributed by atoms with Gasteiger partial charge >= 0.3 is 11.7 Å². The first-order chi connectivity index (χ1) is 9.60. The van der Waals surface area contributed by atoms with E-state index < -0.39 is 11.7 Å². The quantitative estimate of drug-likeness (QED) is 0.629. The van der Waals surface area contributed by atoms with Gasteiger partial charge in [-0.1, -0.05) is 5.21 Å². The lowest BCUT2D eigenvalue weighted by Gasteiger charge is -2.02. The van der Waals surface area contributed by atoms with Crippen molar-refractivity contribution in [3.05, 3.63) is 34.2 Å². The molecule has 7 heteroatoms. The molecule has 20 heavy (non-hydrogen) atoms. The number of carbonyl (C=O) groups is 1. The van der Waals surface area contributed by atoms with E-state index in [9.17, 15) is 9.59 Å². The SMILES string of the molecule is CCOC(=O)n1nnc2cc3c(C)cc(=O)oc3cc21. The number of aromatic nitrogens is 3. The largest absolute Gasteiger partial charge is 0.448 e. The van der Waals surface area contributed by atoms with Gasteiger partial charge in [-0.15, -0.1) is 9.78 Å². The summed E-state index contributed by atoms with van der Waals surface area (Å²) >= 11 is 0. The molecule has 102 valence electrons. The van der Waals surface area contributed by atoms with Crippen LogP contribution in [0.3, 0.4) is 0 Å². The number of aryl methyl sites for hydroxylation is 1. The second-order valence-corrected chi connectivity index (χ2v) is 4.29. The van der Waals surface area contributed by atoms with Gasteiger partial charge in [-0.25, -0.2) is 9.59 Å². The number of hydrogen-bond donors (Lipinski definition) is 0. The lowest BCUT2D eigenvalue weighted by molar-refractivity contribution is 0.151. The predicted molar refractivity (Wildman–Crippen MR) is 70.7 cm³/mol. The molecule has 3 rings (SSSR count). The van der Waals surface area contributed by atoms with E-state index in [0.29, 0.717) is 16.6 Å². The Morgan fingerprint density at radius 2 is 2.20 bits per heavy atom. The van der Waals surface area contributed by atoms with Crippen LogP contribution in [0.15, 0.2) is 27.4 Å². The van der Waals surface area contributed by atoms with Crippen LogP contribution in [-0.4, -0.2) is 27.7 Å². The molecule has 0 N–H and O–H groups in total. The van der Waals surface area contributed by atoms with Crippen LogP contribution in [-0.2, 0) is 4.74 Å². The summed E-state index contributed by atoms with van der Waals surface area (Å²) in [6.45, 7) is 3.75. The minimum atomic E-state index is -0.621. The van der Waals surface area contributed by atoms with Crippen molar-refractivity contribution in [1.82, 2.24) is 15.0 Å². The van der Waals surface area contributed by atoms with Crippen LogP contribution in [0.5, 0.6) is 0 Å². The van der Waals surface area contributed by atoms with E-state index in [1.54, 1.807) is 26.0 Å². The zero-order valence-electron chi connectivity index (χ0n) is 10.9. The maximum Gasteiger partial charge on any atom is 0.436 e. The first-order valence-electron chi connectivity index (χ1n) is 6.07. The summed E-state index contributed by atoms with van der Waals surface area (Å²) in [6, 6.07) is 4.70. The Bertz CT molecular complexity index is 878. The molecule has 3 aromatic rings. The number of carbonyl (C=O) groups excluding carboxylic acids is 1. The zero-order valence-corrected chi connectivity index (χ0v) is 10.9. The molecule has 0 fully saturated rings. The molecule has 1 aromatic carbocycles. The average Bonchev–Trinajstić information content (AvgIpc) is 2.79. The molecule has 0 amide bonds. The standard InChI is InChI=1S/C13H11N3O4/c1-3-19-13(18)16-10-6-11-8(5-9(10)14-15-16)7(2)4-12(17)20-11/h4-6H,3H2,1-2H3. The van der Waals surface area contributed by atoms with E-state index in [1.807, 2.05) is 0 Å². The second-order valence-electron chi connectivity index (χ2n) is 4.29. The minimum Gasteiger partial charge on any atom is -0.448 e. The molecular formula is C13H11N3O4. The number of rotatable bonds is 1. The Balaban J connectivity index is 2.31. The van der Waals surface area contributed by atoms with E-state index >= 15 is 0 Å². The summed E-state index contributed by atoms with van der Waals surface area (Å²) in [5.74, 6) is 0. The monoisotopic (exact) mass is 273 g/mol. The van der Waals surface area contributed by atoms with Crippen molar-refractivity contribution in [2.75, 3.05) is 6.61 Å². The summed E-state index contributed by atoms with van der Waals surface area (Å²) in [4.78, 5) is 23.1. The fourth-order valence-electron chi connectivity index (χ4n) is 2.05. The van der Waals surface area contributed by atoms with Gasteiger partial charge in [0.2, 0.25) is 0 Å². The van der Waals surface area contributed by atoms with Gasteiger partial charge in [0.25, 0.3) is 0 Å². The summed E-state index contributed by atoms with van der Waals surface area (Å²) in [5, 5.41) is 8.45. The molecule has 0 bridgehead atoms. The molecule has 0 spiro atoms. The van der Waals surface area contributed by atoms with Gasteiger partial charge in [-0.3, -0.25) is 0 Å². The fourth-order valence-corrected chi connectivity index (χ4v) is 2.05. The maximum absolute atomic E-state index is 11.7. The second kappa shape index (κ2) is 4.44. The summed E-state index contributed by atoms with van der Waals surface area (Å²) in [5.41, 5.74) is 1.69. The molecule has 7 nitrogen and oxygen atoms in total. The number of benzene rings is 1. The molecule has 0 atom stereocenters. The Morgan fingerprint density at radius 3 is 2.95 bits per heavy atom. The number of hydrogen-bond acceptors (Lipinski definition) is 6. The van der Waals surface area contributed by atoms with Crippen LogP contribution in [0.4, 0.5) is 4.79 Å². The topological polar surface area (TPSA) is 87.2 Å². The molecule has 2 heterocycles. The van der Waals surface area contributed by atoms with E-state index in [4.69, 9.17) is 9.15 Å². The molecule has 0 aliphatic rings. The van der Waals surface area contributed by atoms with E-state index in [2.05, 4.69) is 10.3 Å². The Hall–Kier alpha value is -2.70. The van der Waals surface area contributed by atoms with Crippen LogP contribution in [0, 0.1) is 6.92 Å². The van der Waals surface area contributed by atoms with Crippen LogP contribution < -0.4 is 5.63 Å². The van der Waals surface area contributed by atoms with Gasteiger partial charge in [0.05, 0.1) is 6.61 Å². The van der Waals surface area contributed by atoms with E-state index in [-0.39, 0.29) is 6.61 Å². The van der Waals surface area contributed by atoms with Crippen molar-refractivity contribution in [2.24, 2.45) is 0 Å². The molecule has 0 saturated carbocycles. The van der Waals surface area contributed by atoms with Gasteiger partial charge < -0.3 is 9.15 Å². The highest BCUT2D eigenvalue weighted by Gasteiger charge is 2.15. The zero-order chi connectivity index (χ0) is 14.3. The summed E-state index contributed by atoms with van der Waals surface area (Å²) in [7, 11) is 0. The predicted octanol–water partition coefficient (Wildman–Crippen LogP) is 1.85. The van der Waals surface area contributed by atoms with Crippen molar-refractivity contribution < 1.29 is 13.9 Å². The first kappa shape index (κ1) is 12.3. The summed E-state index contributed by atoms with van der Waals surface area (Å²) < 4.78 is 11.1. The third kappa shape index (κ3) is 1.83. The average molecular weight is 273 g/mol. The van der Waals surface area contributed by atoms with Crippen LogP contribution in [0.2, 0.25) is 0 Å². The first-order valence-corrected chi connectivity index (χ1v) is 6.07. The molecule has 0 aliphatic carbocycles. The van der Waals surface area contributed by atoms with E-state index in [1.165, 1.54) is 6.07 Å². The van der Waals surface area contributed by atoms with Gasteiger partial charge in [0.1, 0.15) is 16.6 Å². The van der Waals surface area contributed by atoms with Gasteiger partial charge in [-0.2, -0.15) is 0 Å². The number of nitrogens with zero attached hydrogens (tertiary/aromatic N) is 3. The fraction of sp³-hybridized carbons (Fsp3) is 0.231. The third-order valence-corrected chi connectivity index (χ3v) is 2.96. The molecule has 0 radical (unpaired) electrons. The Labute approximate surface area is 112 Å². The minimum absolute atomic E-state index is 0.238. The van der Waals surface area contributed by atoms with Crippen molar-refractivity contribution >= 4 is 28.1 Å². The Kier molecular flexibility index (Phi) is 2.74. The Morgan fingerprint density at radius 1 is 1.40 bits per heavy atom. The smallest absolute Gasteiger partial charge is 0.436 e. The van der Waals surface area contributed by atoms with Gasteiger partial charge in [0.15, 0.2) is 0 Å². The number of fused-ring (bicyclic) bond motifs is 2. The lowest BCUT2D eigenvalue weighted by atomic mass is 10.1. The van der Waals surface area contributed by atoms with Gasteiger partial charge in [-0.05, 0) is 25.5 Å². The van der Waals surface area contributed by atoms with Gasteiger partial charge in [0, 0.05) is 17.5 Å². The van der Waals surface area contributed by atoms with Crippen LogP contribution in [0.1, 0.15) is 12.5 Å². The molecular weight excluding hydrogens is 262 g/mol. The molecule has 0 unspecified atom stereocenters. The van der Waals surface area contributed by atoms with Crippen molar-refractivity contribution in [3.63, 3.8) is 0 Å². The summed E-state index contributed by atoms with van der Waals surface area (Å²) in [6.07, 6.45) is -0.621. The highest BCUT2D eigenvalue weighted by molar-refractivity contribution is 5.96. The molecule has 0 aliphatic heterocycles. The van der Waals surface area contributed by atoms with Crippen molar-refractivity contribution in [1.29, 1.82) is 0 Å². The molecule has 0 saturated heterocycles. The third-order valence-electron chi connectivity index (χ3n) is 2.96. The van der Waals surface area contributed by atoms with Crippen molar-refractivity contribution in [2.45, 2.75) is 13.8 Å². The van der Waals surface area contributed by atoms with Crippen molar-refractivity contribution in [3.8, 4) is 0 Å². The normalized spacial score (nSPS) is 11.1. The van der Waals surface area contributed by atoms with Crippen LogP contribution >= 0.6 is 0 Å². The maximum atomic E-state index is 11.7. The highest BCUT2D eigenvalue weighted by Crippen LogP contribution is 2.22. The number of ether oxygens (including phenoxy) is 1. The lowest BCUT2D eigenvalue weighted by Crippen LogP contribution is -2.14. The van der Waals surface area contributed by atoms with E-state index in [0.717, 1.165) is 15.6 Å². The highest BCUT2D eigenvalue weighted by atomic mass is 16.6. The molecule has 2 aromatic heterocycles. The van der Waals surface area contributed by atoms with Crippen LogP contribution in [0.25, 0.3) is 22.0 Å².